The zero-order chi connectivity index (χ0) is 23.2. The number of benzene rings is 1. The van der Waals surface area contributed by atoms with Gasteiger partial charge in [-0.05, 0) is 30.7 Å². The molecule has 0 saturated heterocycles. The molecule has 0 aliphatic heterocycles. The summed E-state index contributed by atoms with van der Waals surface area (Å²) in [5, 5.41) is 11.0. The van der Waals surface area contributed by atoms with Gasteiger partial charge in [0, 0.05) is 44.3 Å². The summed E-state index contributed by atoms with van der Waals surface area (Å²) in [6.45, 7) is 5.29. The van der Waals surface area contributed by atoms with Crippen LogP contribution >= 0.6 is 11.9 Å². The molecular weight excluding hydrogens is 426 g/mol. The molecule has 2 aromatic rings. The van der Waals surface area contributed by atoms with Crippen molar-refractivity contribution < 1.29 is 14.3 Å². The normalized spacial score (nSPS) is 10.7. The van der Waals surface area contributed by atoms with Crippen LogP contribution in [-0.2, 0) is 22.7 Å². The summed E-state index contributed by atoms with van der Waals surface area (Å²) in [5.74, 6) is 1.88. The first-order valence-corrected chi connectivity index (χ1v) is 12.2. The predicted molar refractivity (Wildman–Crippen MR) is 129 cm³/mol. The molecule has 32 heavy (non-hydrogen) atoms. The number of aromatic nitrogens is 3. The Morgan fingerprint density at radius 1 is 1.16 bits per heavy atom. The monoisotopic (exact) mass is 461 g/mol. The molecule has 1 aromatic carbocycles. The van der Waals surface area contributed by atoms with Gasteiger partial charge in [-0.15, -0.1) is 5.10 Å². The van der Waals surface area contributed by atoms with E-state index in [-0.39, 0.29) is 18.1 Å². The molecule has 176 valence electrons. The zero-order valence-electron chi connectivity index (χ0n) is 19.4. The van der Waals surface area contributed by atoms with Crippen LogP contribution in [0.25, 0.3) is 0 Å². The molecule has 0 bridgehead atoms. The number of carbonyl (C=O) groups is 2. The number of amides is 1. The quantitative estimate of drug-likeness (QED) is 0.298. The van der Waals surface area contributed by atoms with E-state index in [0.717, 1.165) is 22.9 Å². The summed E-state index contributed by atoms with van der Waals surface area (Å²) in [4.78, 5) is 23.0. The molecule has 1 N–H and O–H groups in total. The van der Waals surface area contributed by atoms with E-state index in [9.17, 15) is 9.59 Å². The number of unbranched alkanes of at least 4 members (excludes halogenated alkanes) is 2. The van der Waals surface area contributed by atoms with Crippen molar-refractivity contribution in [2.45, 2.75) is 65.5 Å². The van der Waals surface area contributed by atoms with Crippen molar-refractivity contribution in [1.29, 1.82) is 0 Å². The second-order valence-corrected chi connectivity index (χ2v) is 8.75. The van der Waals surface area contributed by atoms with Gasteiger partial charge in [-0.3, -0.25) is 14.3 Å². The second-order valence-electron chi connectivity index (χ2n) is 7.54. The molecule has 0 atom stereocenters. The van der Waals surface area contributed by atoms with Gasteiger partial charge < -0.3 is 14.4 Å². The maximum absolute atomic E-state index is 11.7. The Hall–Kier alpha value is -2.55. The van der Waals surface area contributed by atoms with Crippen LogP contribution in [0, 0.1) is 0 Å². The van der Waals surface area contributed by atoms with E-state index in [1.54, 1.807) is 11.6 Å². The molecule has 0 aliphatic rings. The van der Waals surface area contributed by atoms with Gasteiger partial charge in [-0.2, -0.15) is 0 Å². The minimum atomic E-state index is -0.121. The summed E-state index contributed by atoms with van der Waals surface area (Å²) in [5.41, 5.74) is 1.86. The summed E-state index contributed by atoms with van der Waals surface area (Å²) in [7, 11) is 2.08. The zero-order valence-corrected chi connectivity index (χ0v) is 20.2. The molecule has 0 saturated carbocycles. The Bertz CT molecular complexity index is 825. The van der Waals surface area contributed by atoms with Crippen LogP contribution in [0.5, 0.6) is 5.75 Å². The Balaban J connectivity index is 1.68. The van der Waals surface area contributed by atoms with Crippen molar-refractivity contribution in [3.05, 3.63) is 36.2 Å². The lowest BCUT2D eigenvalue weighted by molar-refractivity contribution is -0.125. The van der Waals surface area contributed by atoms with E-state index in [4.69, 9.17) is 4.74 Å². The number of anilines is 1. The largest absolute Gasteiger partial charge is 0.487 e. The number of ether oxygens (including phenoxy) is 1. The second kappa shape index (κ2) is 14.5. The van der Waals surface area contributed by atoms with E-state index in [2.05, 4.69) is 46.0 Å². The molecule has 1 heterocycles. The van der Waals surface area contributed by atoms with E-state index >= 15 is 0 Å². The van der Waals surface area contributed by atoms with Gasteiger partial charge in [0.2, 0.25) is 5.91 Å². The van der Waals surface area contributed by atoms with Crippen LogP contribution in [0.2, 0.25) is 0 Å². The summed E-state index contributed by atoms with van der Waals surface area (Å²) in [6, 6.07) is 8.02. The van der Waals surface area contributed by atoms with E-state index in [1.165, 1.54) is 19.3 Å². The van der Waals surface area contributed by atoms with Crippen LogP contribution in [-0.4, -0.2) is 46.0 Å². The minimum Gasteiger partial charge on any atom is -0.487 e. The number of carbonyl (C=O) groups excluding carboxylic acids is 2. The number of ketones is 1. The van der Waals surface area contributed by atoms with Crippen LogP contribution in [0.1, 0.15) is 58.1 Å². The fourth-order valence-corrected chi connectivity index (χ4v) is 3.76. The Morgan fingerprint density at radius 2 is 1.94 bits per heavy atom. The highest BCUT2D eigenvalue weighted by Gasteiger charge is 2.07. The summed E-state index contributed by atoms with van der Waals surface area (Å²) >= 11 is 1.83. The number of hydrogen-bond acceptors (Lipinski definition) is 7. The Labute approximate surface area is 195 Å². The Morgan fingerprint density at radius 3 is 2.66 bits per heavy atom. The smallest absolute Gasteiger partial charge is 0.220 e. The first-order chi connectivity index (χ1) is 15.5. The van der Waals surface area contributed by atoms with Crippen molar-refractivity contribution >= 4 is 29.3 Å². The third-order valence-electron chi connectivity index (χ3n) is 4.89. The third-order valence-corrected chi connectivity index (χ3v) is 5.96. The van der Waals surface area contributed by atoms with Crippen LogP contribution < -0.4 is 14.4 Å². The third kappa shape index (κ3) is 9.72. The minimum absolute atomic E-state index is 0.101. The lowest BCUT2D eigenvalue weighted by Gasteiger charge is -2.18. The van der Waals surface area contributed by atoms with Gasteiger partial charge in [-0.1, -0.05) is 43.9 Å². The van der Waals surface area contributed by atoms with Gasteiger partial charge in [0.25, 0.3) is 0 Å². The van der Waals surface area contributed by atoms with Gasteiger partial charge in [0.15, 0.2) is 0 Å². The number of rotatable bonds is 16. The van der Waals surface area contributed by atoms with Crippen LogP contribution in [0.3, 0.4) is 0 Å². The van der Waals surface area contributed by atoms with Crippen molar-refractivity contribution in [2.75, 3.05) is 23.7 Å². The van der Waals surface area contributed by atoms with Gasteiger partial charge in [0.05, 0.1) is 12.7 Å². The lowest BCUT2D eigenvalue weighted by atomic mass is 10.2. The predicted octanol–water partition coefficient (Wildman–Crippen LogP) is 4.01. The maximum atomic E-state index is 11.7. The number of nitrogens with zero attached hydrogens (tertiary/aromatic N) is 4. The lowest BCUT2D eigenvalue weighted by Crippen LogP contribution is -2.27. The standard InChI is InChI=1S/C23H35N5O3S/c1-4-6-7-16-32-27(3)20-8-11-22(12-9-20)31-18-19-17-28(26-25-19)15-14-24-23(30)13-10-21(29)5-2/h8-9,11-12,17H,4-7,10,13-16,18H2,1-3H3,(H,24,30). The number of hydrogen-bond donors (Lipinski definition) is 1. The van der Waals surface area contributed by atoms with Crippen molar-refractivity contribution in [3.63, 3.8) is 0 Å². The van der Waals surface area contributed by atoms with Crippen molar-refractivity contribution in [2.24, 2.45) is 0 Å². The maximum Gasteiger partial charge on any atom is 0.220 e. The molecule has 9 heteroatoms. The van der Waals surface area contributed by atoms with Gasteiger partial charge >= 0.3 is 0 Å². The highest BCUT2D eigenvalue weighted by Crippen LogP contribution is 2.24. The molecule has 0 unspecified atom stereocenters. The number of Topliss-reactive ketones (excluding diaryl/α,β-unsaturated/α-hetero) is 1. The van der Waals surface area contributed by atoms with Crippen LogP contribution in [0.15, 0.2) is 30.5 Å². The molecule has 8 nitrogen and oxygen atoms in total. The van der Waals surface area contributed by atoms with Gasteiger partial charge in [0.1, 0.15) is 23.8 Å². The summed E-state index contributed by atoms with van der Waals surface area (Å²) in [6.07, 6.45) is 6.55. The van der Waals surface area contributed by atoms with E-state index < -0.39 is 0 Å². The van der Waals surface area contributed by atoms with E-state index in [1.807, 2.05) is 30.3 Å². The first-order valence-electron chi connectivity index (χ1n) is 11.3. The van der Waals surface area contributed by atoms with Crippen molar-refractivity contribution in [1.82, 2.24) is 20.3 Å². The number of nitrogens with one attached hydrogen (secondary N) is 1. The first kappa shape index (κ1) is 25.7. The molecule has 1 amide bonds. The SMILES string of the molecule is CCCCCSN(C)c1ccc(OCc2cn(CCNC(=O)CCC(=O)CC)nn2)cc1. The molecule has 0 fully saturated rings. The molecule has 0 spiro atoms. The molecule has 2 rings (SSSR count). The van der Waals surface area contributed by atoms with Crippen LogP contribution in [0.4, 0.5) is 5.69 Å². The molecular formula is C23H35N5O3S. The molecule has 0 aliphatic carbocycles. The molecule has 1 aromatic heterocycles. The highest BCUT2D eigenvalue weighted by molar-refractivity contribution is 8.00. The molecule has 0 radical (unpaired) electrons. The summed E-state index contributed by atoms with van der Waals surface area (Å²) < 4.78 is 9.67. The fourth-order valence-electron chi connectivity index (χ4n) is 2.88. The highest BCUT2D eigenvalue weighted by atomic mass is 32.2. The fraction of sp³-hybridized carbons (Fsp3) is 0.565. The van der Waals surface area contributed by atoms with Crippen molar-refractivity contribution in [3.8, 4) is 5.75 Å². The average Bonchev–Trinajstić information content (AvgIpc) is 3.26. The van der Waals surface area contributed by atoms with E-state index in [0.29, 0.717) is 32.5 Å². The van der Waals surface area contributed by atoms with Gasteiger partial charge in [-0.25, -0.2) is 0 Å². The average molecular weight is 462 g/mol. The Kier molecular flexibility index (Phi) is 11.6. The topological polar surface area (TPSA) is 89.4 Å².